The molecule has 0 radical (unpaired) electrons. The molecule has 0 amide bonds. The molecule has 2 aromatic carbocycles. The van der Waals surface area contributed by atoms with Gasteiger partial charge in [-0.05, 0) is 43.2 Å². The van der Waals surface area contributed by atoms with Crippen LogP contribution in [0.25, 0.3) is 0 Å². The summed E-state index contributed by atoms with van der Waals surface area (Å²) in [6, 6.07) is 16.6. The van der Waals surface area contributed by atoms with Gasteiger partial charge in [-0.1, -0.05) is 47.7 Å². The fourth-order valence-corrected chi connectivity index (χ4v) is 1.67. The average molecular weight is 232 g/mol. The van der Waals surface area contributed by atoms with Gasteiger partial charge in [0.2, 0.25) is 0 Å². The molecule has 0 nitrogen and oxygen atoms in total. The number of rotatable bonds is 2. The van der Waals surface area contributed by atoms with Gasteiger partial charge >= 0.3 is 0 Å². The summed E-state index contributed by atoms with van der Waals surface area (Å²) >= 11 is 0. The van der Waals surface area contributed by atoms with E-state index >= 15 is 0 Å². The van der Waals surface area contributed by atoms with Crippen molar-refractivity contribution in [1.82, 2.24) is 0 Å². The van der Waals surface area contributed by atoms with E-state index in [1.165, 1.54) is 11.1 Å². The monoisotopic (exact) mass is 232 g/mol. The quantitative estimate of drug-likeness (QED) is 0.539. The lowest BCUT2D eigenvalue weighted by Crippen LogP contribution is -1.81. The molecule has 0 aliphatic rings. The standard InChI is InChI=1S/C18H16/c1-3-4-16-9-11-18(12-10-16)14-13-17-7-5-15(2)6-8-17/h3,5-12H,1,4H2,2H3. The summed E-state index contributed by atoms with van der Waals surface area (Å²) in [6.07, 6.45) is 2.82. The topological polar surface area (TPSA) is 0 Å². The molecular weight excluding hydrogens is 216 g/mol. The molecule has 2 aromatic rings. The van der Waals surface area contributed by atoms with Gasteiger partial charge in [0.15, 0.2) is 0 Å². The van der Waals surface area contributed by atoms with Gasteiger partial charge in [0.1, 0.15) is 0 Å². The molecule has 0 spiro atoms. The molecule has 0 heteroatoms. The Bertz CT molecular complexity index is 575. The summed E-state index contributed by atoms with van der Waals surface area (Å²) in [5.74, 6) is 6.34. The van der Waals surface area contributed by atoms with Crippen LogP contribution in [0.5, 0.6) is 0 Å². The molecule has 0 unspecified atom stereocenters. The molecule has 0 aliphatic carbocycles. The van der Waals surface area contributed by atoms with Crippen molar-refractivity contribution in [2.45, 2.75) is 13.3 Å². The third-order valence-corrected chi connectivity index (χ3v) is 2.74. The highest BCUT2D eigenvalue weighted by Gasteiger charge is 1.90. The van der Waals surface area contributed by atoms with Crippen molar-refractivity contribution in [2.24, 2.45) is 0 Å². The molecule has 0 heterocycles. The lowest BCUT2D eigenvalue weighted by molar-refractivity contribution is 1.27. The van der Waals surface area contributed by atoms with Crippen LogP contribution in [-0.4, -0.2) is 0 Å². The zero-order valence-electron chi connectivity index (χ0n) is 10.6. The van der Waals surface area contributed by atoms with Crippen LogP contribution in [0.2, 0.25) is 0 Å². The third-order valence-electron chi connectivity index (χ3n) is 2.74. The van der Waals surface area contributed by atoms with Crippen LogP contribution < -0.4 is 0 Å². The Labute approximate surface area is 109 Å². The summed E-state index contributed by atoms with van der Waals surface area (Å²) in [4.78, 5) is 0. The maximum atomic E-state index is 3.73. The lowest BCUT2D eigenvalue weighted by atomic mass is 10.1. The van der Waals surface area contributed by atoms with E-state index in [4.69, 9.17) is 0 Å². The van der Waals surface area contributed by atoms with Crippen LogP contribution in [0, 0.1) is 18.8 Å². The molecular formula is C18H16. The van der Waals surface area contributed by atoms with Crippen molar-refractivity contribution >= 4 is 0 Å². The largest absolute Gasteiger partial charge is 0.103 e. The Balaban J connectivity index is 2.14. The van der Waals surface area contributed by atoms with E-state index in [-0.39, 0.29) is 0 Å². The fourth-order valence-electron chi connectivity index (χ4n) is 1.67. The van der Waals surface area contributed by atoms with Crippen molar-refractivity contribution in [1.29, 1.82) is 0 Å². The first-order valence-electron chi connectivity index (χ1n) is 6.06. The normalized spacial score (nSPS) is 9.39. The predicted octanol–water partition coefficient (Wildman–Crippen LogP) is 4.12. The van der Waals surface area contributed by atoms with Gasteiger partial charge in [-0.2, -0.15) is 0 Å². The average Bonchev–Trinajstić information content (AvgIpc) is 2.40. The summed E-state index contributed by atoms with van der Waals surface area (Å²) < 4.78 is 0. The highest BCUT2D eigenvalue weighted by Crippen LogP contribution is 2.05. The van der Waals surface area contributed by atoms with E-state index in [0.717, 1.165) is 17.5 Å². The Kier molecular flexibility index (Phi) is 3.99. The van der Waals surface area contributed by atoms with Crippen LogP contribution in [0.15, 0.2) is 61.2 Å². The van der Waals surface area contributed by atoms with E-state index in [2.05, 4.69) is 73.9 Å². The van der Waals surface area contributed by atoms with Gasteiger partial charge in [0.05, 0.1) is 0 Å². The maximum Gasteiger partial charge on any atom is 0.0249 e. The number of hydrogen-bond acceptors (Lipinski definition) is 0. The first-order valence-corrected chi connectivity index (χ1v) is 6.06. The summed E-state index contributed by atoms with van der Waals surface area (Å²) in [7, 11) is 0. The summed E-state index contributed by atoms with van der Waals surface area (Å²) in [5.41, 5.74) is 4.62. The second-order valence-electron chi connectivity index (χ2n) is 4.31. The SMILES string of the molecule is C=CCc1ccc(C#Cc2ccc(C)cc2)cc1. The van der Waals surface area contributed by atoms with Crippen LogP contribution in [0.3, 0.4) is 0 Å². The first-order chi connectivity index (χ1) is 8.78. The minimum absolute atomic E-state index is 0.908. The van der Waals surface area contributed by atoms with E-state index in [1.54, 1.807) is 0 Å². The number of aryl methyl sites for hydroxylation is 1. The Hall–Kier alpha value is -2.26. The van der Waals surface area contributed by atoms with Crippen LogP contribution in [0.1, 0.15) is 22.3 Å². The van der Waals surface area contributed by atoms with Crippen molar-refractivity contribution in [3.8, 4) is 11.8 Å². The van der Waals surface area contributed by atoms with Crippen LogP contribution in [0.4, 0.5) is 0 Å². The minimum atomic E-state index is 0.908. The number of allylic oxidation sites excluding steroid dienone is 1. The van der Waals surface area contributed by atoms with Crippen molar-refractivity contribution in [2.75, 3.05) is 0 Å². The van der Waals surface area contributed by atoms with Crippen LogP contribution >= 0.6 is 0 Å². The minimum Gasteiger partial charge on any atom is -0.103 e. The zero-order chi connectivity index (χ0) is 12.8. The van der Waals surface area contributed by atoms with Crippen molar-refractivity contribution in [3.63, 3.8) is 0 Å². The van der Waals surface area contributed by atoms with E-state index in [9.17, 15) is 0 Å². The zero-order valence-corrected chi connectivity index (χ0v) is 10.6. The fraction of sp³-hybridized carbons (Fsp3) is 0.111. The van der Waals surface area contributed by atoms with Gasteiger partial charge in [-0.15, -0.1) is 6.58 Å². The third kappa shape index (κ3) is 3.37. The highest BCUT2D eigenvalue weighted by atomic mass is 13.9. The van der Waals surface area contributed by atoms with Gasteiger partial charge in [0, 0.05) is 11.1 Å². The second-order valence-corrected chi connectivity index (χ2v) is 4.31. The smallest absolute Gasteiger partial charge is 0.0249 e. The molecule has 0 N–H and O–H groups in total. The number of benzene rings is 2. The van der Waals surface area contributed by atoms with Gasteiger partial charge < -0.3 is 0 Å². The van der Waals surface area contributed by atoms with Crippen molar-refractivity contribution in [3.05, 3.63) is 83.4 Å². The summed E-state index contributed by atoms with van der Waals surface area (Å²) in [6.45, 7) is 5.81. The molecule has 88 valence electrons. The molecule has 0 aliphatic heterocycles. The second kappa shape index (κ2) is 5.89. The van der Waals surface area contributed by atoms with Gasteiger partial charge in [-0.3, -0.25) is 0 Å². The van der Waals surface area contributed by atoms with Crippen molar-refractivity contribution < 1.29 is 0 Å². The molecule has 2 rings (SSSR count). The van der Waals surface area contributed by atoms with E-state index in [1.807, 2.05) is 6.08 Å². The first kappa shape index (κ1) is 12.2. The van der Waals surface area contributed by atoms with Crippen LogP contribution in [-0.2, 0) is 6.42 Å². The maximum absolute atomic E-state index is 3.73. The Morgan fingerprint density at radius 2 is 1.39 bits per heavy atom. The molecule has 0 fully saturated rings. The van der Waals surface area contributed by atoms with E-state index < -0.39 is 0 Å². The predicted molar refractivity (Wildman–Crippen MR) is 77.5 cm³/mol. The molecule has 18 heavy (non-hydrogen) atoms. The molecule has 0 saturated heterocycles. The Morgan fingerprint density at radius 1 is 0.889 bits per heavy atom. The highest BCUT2D eigenvalue weighted by molar-refractivity contribution is 5.44. The number of hydrogen-bond donors (Lipinski definition) is 0. The summed E-state index contributed by atoms with van der Waals surface area (Å²) in [5, 5.41) is 0. The Morgan fingerprint density at radius 3 is 1.89 bits per heavy atom. The molecule has 0 aromatic heterocycles. The van der Waals surface area contributed by atoms with E-state index in [0.29, 0.717) is 0 Å². The van der Waals surface area contributed by atoms with Gasteiger partial charge in [0.25, 0.3) is 0 Å². The van der Waals surface area contributed by atoms with Gasteiger partial charge in [-0.25, -0.2) is 0 Å². The molecule has 0 atom stereocenters. The molecule has 0 saturated carbocycles. The molecule has 0 bridgehead atoms. The lowest BCUT2D eigenvalue weighted by Gasteiger charge is -1.96.